The predicted octanol–water partition coefficient (Wildman–Crippen LogP) is 2.16. The molecule has 0 aliphatic heterocycles. The molecular formula is C7H19GeN. The molecule has 0 amide bonds. The molecule has 0 fully saturated rings. The van der Waals surface area contributed by atoms with Gasteiger partial charge in [0.05, 0.1) is 0 Å². The molecule has 0 aliphatic rings. The first-order valence-electron chi connectivity index (χ1n) is 3.77. The first-order valence-corrected chi connectivity index (χ1v) is 11.0. The van der Waals surface area contributed by atoms with E-state index in [1.807, 2.05) is 0 Å². The number of hydrogen-bond donors (Lipinski definition) is 0. The average molecular weight is 190 g/mol. The number of nitrogens with zero attached hydrogens (tertiary/aromatic N) is 1. The Morgan fingerprint density at radius 1 is 1.00 bits per heavy atom. The molecule has 0 atom stereocenters. The van der Waals surface area contributed by atoms with Gasteiger partial charge in [0, 0.05) is 0 Å². The van der Waals surface area contributed by atoms with Crippen molar-refractivity contribution in [3.05, 3.63) is 0 Å². The van der Waals surface area contributed by atoms with Crippen molar-refractivity contribution >= 4 is 13.5 Å². The second-order valence-electron chi connectivity index (χ2n) is 3.34. The fraction of sp³-hybridized carbons (Fsp3) is 1.00. The third-order valence-corrected chi connectivity index (χ3v) is 7.02. The summed E-state index contributed by atoms with van der Waals surface area (Å²) in [4.78, 5) is 0. The third kappa shape index (κ3) is 3.26. The van der Waals surface area contributed by atoms with E-state index in [1.54, 1.807) is 0 Å². The fourth-order valence-corrected chi connectivity index (χ4v) is 5.15. The van der Waals surface area contributed by atoms with E-state index in [-0.39, 0.29) is 0 Å². The summed E-state index contributed by atoms with van der Waals surface area (Å²) >= 11 is -1.41. The van der Waals surface area contributed by atoms with E-state index in [1.165, 1.54) is 13.1 Å². The van der Waals surface area contributed by atoms with E-state index in [2.05, 4.69) is 35.0 Å². The summed E-state index contributed by atoms with van der Waals surface area (Å²) in [6.45, 7) is 6.97. The van der Waals surface area contributed by atoms with Crippen molar-refractivity contribution in [2.24, 2.45) is 0 Å². The van der Waals surface area contributed by atoms with Crippen molar-refractivity contribution in [2.45, 2.75) is 31.1 Å². The van der Waals surface area contributed by atoms with Crippen LogP contribution < -0.4 is 0 Å². The Balaban J connectivity index is 3.79. The van der Waals surface area contributed by atoms with E-state index in [0.29, 0.717) is 0 Å². The van der Waals surface area contributed by atoms with Gasteiger partial charge in [-0.25, -0.2) is 0 Å². The molecule has 56 valence electrons. The Morgan fingerprint density at radius 3 is 1.33 bits per heavy atom. The molecule has 0 aromatic carbocycles. The molecule has 0 aromatic rings. The molecule has 0 saturated carbocycles. The molecule has 0 spiro atoms. The molecule has 0 radical (unpaired) electrons. The van der Waals surface area contributed by atoms with Crippen LogP contribution in [0.1, 0.15) is 13.8 Å². The van der Waals surface area contributed by atoms with Gasteiger partial charge in [0.25, 0.3) is 0 Å². The average Bonchev–Trinajstić information content (AvgIpc) is 1.65. The van der Waals surface area contributed by atoms with E-state index in [4.69, 9.17) is 0 Å². The van der Waals surface area contributed by atoms with Gasteiger partial charge in [-0.1, -0.05) is 0 Å². The van der Waals surface area contributed by atoms with Crippen molar-refractivity contribution in [2.75, 3.05) is 13.1 Å². The minimum atomic E-state index is -1.41. The van der Waals surface area contributed by atoms with Crippen LogP contribution in [0.5, 0.6) is 0 Å². The van der Waals surface area contributed by atoms with Crippen LogP contribution in [0.3, 0.4) is 0 Å². The second kappa shape index (κ2) is 3.62. The van der Waals surface area contributed by atoms with E-state index < -0.39 is 13.5 Å². The molecule has 0 bridgehead atoms. The van der Waals surface area contributed by atoms with Gasteiger partial charge in [0.2, 0.25) is 0 Å². The van der Waals surface area contributed by atoms with Gasteiger partial charge in [-0.2, -0.15) is 0 Å². The molecule has 0 aromatic heterocycles. The molecule has 0 aliphatic carbocycles. The Morgan fingerprint density at radius 2 is 1.33 bits per heavy atom. The van der Waals surface area contributed by atoms with Crippen LogP contribution in [-0.4, -0.2) is 30.4 Å². The Kier molecular flexibility index (Phi) is 3.82. The molecule has 0 unspecified atom stereocenters. The van der Waals surface area contributed by atoms with Crippen LogP contribution >= 0.6 is 0 Å². The molecular weight excluding hydrogens is 171 g/mol. The predicted molar refractivity (Wildman–Crippen MR) is 46.3 cm³/mol. The Hall–Kier alpha value is 0.503. The van der Waals surface area contributed by atoms with Crippen molar-refractivity contribution in [1.82, 2.24) is 3.86 Å². The van der Waals surface area contributed by atoms with Crippen LogP contribution in [0.15, 0.2) is 0 Å². The number of hydrogen-bond acceptors (Lipinski definition) is 1. The first-order chi connectivity index (χ1) is 4.02. The topological polar surface area (TPSA) is 3.24 Å². The van der Waals surface area contributed by atoms with Gasteiger partial charge in [-0.05, 0) is 0 Å². The van der Waals surface area contributed by atoms with E-state index in [9.17, 15) is 0 Å². The zero-order valence-corrected chi connectivity index (χ0v) is 9.46. The Labute approximate surface area is 62.0 Å². The zero-order valence-electron chi connectivity index (χ0n) is 7.36. The molecule has 0 N–H and O–H groups in total. The fourth-order valence-electron chi connectivity index (χ4n) is 1.17. The van der Waals surface area contributed by atoms with Gasteiger partial charge in [-0.3, -0.25) is 0 Å². The first kappa shape index (κ1) is 9.50. The van der Waals surface area contributed by atoms with Gasteiger partial charge < -0.3 is 0 Å². The van der Waals surface area contributed by atoms with Crippen molar-refractivity contribution in [3.63, 3.8) is 0 Å². The van der Waals surface area contributed by atoms with E-state index in [0.717, 1.165) is 0 Å². The summed E-state index contributed by atoms with van der Waals surface area (Å²) in [7, 11) is 0. The summed E-state index contributed by atoms with van der Waals surface area (Å²) in [6, 6.07) is 0. The monoisotopic (exact) mass is 191 g/mol. The number of rotatable bonds is 3. The molecule has 0 saturated heterocycles. The van der Waals surface area contributed by atoms with Crippen LogP contribution in [-0.2, 0) is 0 Å². The van der Waals surface area contributed by atoms with Gasteiger partial charge >= 0.3 is 61.6 Å². The Bertz CT molecular complexity index is 71.5. The normalized spacial score (nSPS) is 12.7. The second-order valence-corrected chi connectivity index (χ2v) is 13.8. The van der Waals surface area contributed by atoms with E-state index >= 15 is 0 Å². The van der Waals surface area contributed by atoms with Crippen molar-refractivity contribution in [1.29, 1.82) is 0 Å². The molecule has 2 heteroatoms. The van der Waals surface area contributed by atoms with Crippen LogP contribution in [0.25, 0.3) is 0 Å². The van der Waals surface area contributed by atoms with Crippen LogP contribution in [0.4, 0.5) is 0 Å². The molecule has 9 heavy (non-hydrogen) atoms. The molecule has 1 nitrogen and oxygen atoms in total. The summed E-state index contributed by atoms with van der Waals surface area (Å²) in [5.74, 6) is 7.31. The summed E-state index contributed by atoms with van der Waals surface area (Å²) in [5.41, 5.74) is 0. The standard InChI is InChI=1S/C7H19GeN/c1-6-9(7-2)8(3,4)5/h6-7H2,1-5H3. The van der Waals surface area contributed by atoms with Gasteiger partial charge in [0.1, 0.15) is 0 Å². The van der Waals surface area contributed by atoms with Crippen molar-refractivity contribution < 1.29 is 0 Å². The summed E-state index contributed by atoms with van der Waals surface area (Å²) in [6.07, 6.45) is 0. The van der Waals surface area contributed by atoms with Gasteiger partial charge in [0.15, 0.2) is 0 Å². The summed E-state index contributed by atoms with van der Waals surface area (Å²) in [5, 5.41) is 0. The molecule has 0 rings (SSSR count). The quantitative estimate of drug-likeness (QED) is 0.616. The minimum absolute atomic E-state index is 1.24. The molecule has 0 heterocycles. The van der Waals surface area contributed by atoms with Gasteiger partial charge in [-0.15, -0.1) is 0 Å². The maximum absolute atomic E-state index is 2.62. The van der Waals surface area contributed by atoms with Crippen LogP contribution in [0.2, 0.25) is 17.3 Å². The zero-order chi connectivity index (χ0) is 7.49. The summed E-state index contributed by atoms with van der Waals surface area (Å²) < 4.78 is 2.62. The van der Waals surface area contributed by atoms with Crippen molar-refractivity contribution in [3.8, 4) is 0 Å². The SMILES string of the molecule is CC[N](CC)[Ge]([CH3])([CH3])[CH3]. The maximum atomic E-state index is 2.62. The third-order valence-electron chi connectivity index (χ3n) is 1.71. The van der Waals surface area contributed by atoms with Crippen LogP contribution in [0, 0.1) is 0 Å².